The standard InChI is InChI=1S/C9H18O2/c10-5-1-2-8-3-4-9(6-8)7-11/h8-11H,1-7H2/t8-,9+/m1/s1. The molecule has 2 nitrogen and oxygen atoms in total. The molecule has 0 aromatic rings. The zero-order valence-electron chi connectivity index (χ0n) is 7.00. The highest BCUT2D eigenvalue weighted by atomic mass is 16.3. The number of hydrogen-bond acceptors (Lipinski definition) is 2. The molecule has 2 atom stereocenters. The molecule has 11 heavy (non-hydrogen) atoms. The van der Waals surface area contributed by atoms with E-state index >= 15 is 0 Å². The second-order valence-corrected chi connectivity index (χ2v) is 3.59. The van der Waals surface area contributed by atoms with Gasteiger partial charge in [-0.05, 0) is 37.5 Å². The van der Waals surface area contributed by atoms with Crippen molar-refractivity contribution in [2.45, 2.75) is 32.1 Å². The summed E-state index contributed by atoms with van der Waals surface area (Å²) in [4.78, 5) is 0. The van der Waals surface area contributed by atoms with Crippen molar-refractivity contribution in [3.8, 4) is 0 Å². The van der Waals surface area contributed by atoms with Crippen LogP contribution in [0.4, 0.5) is 0 Å². The molecule has 2 N–H and O–H groups in total. The first-order chi connectivity index (χ1) is 5.36. The molecular weight excluding hydrogens is 140 g/mol. The first kappa shape index (κ1) is 9.01. The Balaban J connectivity index is 2.09. The van der Waals surface area contributed by atoms with Gasteiger partial charge in [0, 0.05) is 13.2 Å². The lowest BCUT2D eigenvalue weighted by molar-refractivity contribution is 0.223. The second kappa shape index (κ2) is 4.73. The van der Waals surface area contributed by atoms with Crippen LogP contribution in [0.3, 0.4) is 0 Å². The van der Waals surface area contributed by atoms with Gasteiger partial charge in [0.15, 0.2) is 0 Å². The van der Waals surface area contributed by atoms with Crippen LogP contribution in [-0.2, 0) is 0 Å². The monoisotopic (exact) mass is 158 g/mol. The van der Waals surface area contributed by atoms with Crippen LogP contribution in [-0.4, -0.2) is 23.4 Å². The molecule has 1 aliphatic rings. The summed E-state index contributed by atoms with van der Waals surface area (Å²) in [6, 6.07) is 0. The summed E-state index contributed by atoms with van der Waals surface area (Å²) in [6.45, 7) is 0.677. The van der Waals surface area contributed by atoms with Crippen LogP contribution < -0.4 is 0 Å². The van der Waals surface area contributed by atoms with Gasteiger partial charge in [-0.15, -0.1) is 0 Å². The third-order valence-electron chi connectivity index (χ3n) is 2.68. The highest BCUT2D eigenvalue weighted by Gasteiger charge is 2.22. The fraction of sp³-hybridized carbons (Fsp3) is 1.00. The van der Waals surface area contributed by atoms with Crippen LogP contribution in [0.1, 0.15) is 32.1 Å². The zero-order valence-corrected chi connectivity index (χ0v) is 7.00. The largest absolute Gasteiger partial charge is 0.396 e. The Kier molecular flexibility index (Phi) is 3.87. The van der Waals surface area contributed by atoms with Crippen LogP contribution in [0.5, 0.6) is 0 Å². The molecule has 0 spiro atoms. The van der Waals surface area contributed by atoms with E-state index in [9.17, 15) is 0 Å². The van der Waals surface area contributed by atoms with Crippen molar-refractivity contribution >= 4 is 0 Å². The number of hydrogen-bond donors (Lipinski definition) is 2. The van der Waals surface area contributed by atoms with E-state index in [4.69, 9.17) is 10.2 Å². The molecule has 0 amide bonds. The predicted molar refractivity (Wildman–Crippen MR) is 44.2 cm³/mol. The van der Waals surface area contributed by atoms with Crippen LogP contribution in [0, 0.1) is 11.8 Å². The van der Waals surface area contributed by atoms with Crippen molar-refractivity contribution in [3.05, 3.63) is 0 Å². The first-order valence-corrected chi connectivity index (χ1v) is 4.58. The van der Waals surface area contributed by atoms with Crippen molar-refractivity contribution < 1.29 is 10.2 Å². The Labute approximate surface area is 68.2 Å². The Hall–Kier alpha value is -0.0800. The highest BCUT2D eigenvalue weighted by Crippen LogP contribution is 2.33. The van der Waals surface area contributed by atoms with Crippen molar-refractivity contribution in [3.63, 3.8) is 0 Å². The van der Waals surface area contributed by atoms with E-state index in [0.717, 1.165) is 18.8 Å². The summed E-state index contributed by atoms with van der Waals surface area (Å²) >= 11 is 0. The molecule has 0 saturated heterocycles. The molecule has 2 heteroatoms. The lowest BCUT2D eigenvalue weighted by atomic mass is 10.0. The zero-order chi connectivity index (χ0) is 8.10. The highest BCUT2D eigenvalue weighted by molar-refractivity contribution is 4.74. The molecule has 1 saturated carbocycles. The van der Waals surface area contributed by atoms with Gasteiger partial charge in [-0.3, -0.25) is 0 Å². The fourth-order valence-electron chi connectivity index (χ4n) is 1.99. The average molecular weight is 158 g/mol. The maximum atomic E-state index is 8.86. The van der Waals surface area contributed by atoms with E-state index in [2.05, 4.69) is 0 Å². The average Bonchev–Trinajstić information content (AvgIpc) is 2.48. The smallest absolute Gasteiger partial charge is 0.0459 e. The topological polar surface area (TPSA) is 40.5 Å². The van der Waals surface area contributed by atoms with Crippen LogP contribution in [0.25, 0.3) is 0 Å². The van der Waals surface area contributed by atoms with E-state index < -0.39 is 0 Å². The van der Waals surface area contributed by atoms with Crippen molar-refractivity contribution in [2.24, 2.45) is 11.8 Å². The third kappa shape index (κ3) is 2.80. The van der Waals surface area contributed by atoms with Gasteiger partial charge in [0.2, 0.25) is 0 Å². The summed E-state index contributed by atoms with van der Waals surface area (Å²) < 4.78 is 0. The predicted octanol–water partition coefficient (Wildman–Crippen LogP) is 1.17. The fourth-order valence-corrected chi connectivity index (χ4v) is 1.99. The molecule has 0 heterocycles. The molecular formula is C9H18O2. The maximum absolute atomic E-state index is 8.86. The second-order valence-electron chi connectivity index (χ2n) is 3.59. The SMILES string of the molecule is OCCC[C@@H]1CC[C@H](CO)C1. The van der Waals surface area contributed by atoms with Crippen LogP contribution >= 0.6 is 0 Å². The lowest BCUT2D eigenvalue weighted by Crippen LogP contribution is -2.01. The minimum Gasteiger partial charge on any atom is -0.396 e. The van der Waals surface area contributed by atoms with Gasteiger partial charge in [-0.2, -0.15) is 0 Å². The number of rotatable bonds is 4. The molecule has 1 aliphatic carbocycles. The molecule has 1 rings (SSSR count). The molecule has 66 valence electrons. The Morgan fingerprint density at radius 3 is 2.36 bits per heavy atom. The lowest BCUT2D eigenvalue weighted by Gasteiger charge is -2.07. The Morgan fingerprint density at radius 2 is 1.82 bits per heavy atom. The Bertz CT molecular complexity index is 104. The molecule has 0 aromatic carbocycles. The summed E-state index contributed by atoms with van der Waals surface area (Å²) in [5.74, 6) is 1.33. The van der Waals surface area contributed by atoms with Gasteiger partial charge >= 0.3 is 0 Å². The van der Waals surface area contributed by atoms with Gasteiger partial charge in [0.05, 0.1) is 0 Å². The van der Waals surface area contributed by atoms with Crippen LogP contribution in [0.15, 0.2) is 0 Å². The minimum atomic E-state index is 0.320. The van der Waals surface area contributed by atoms with Crippen molar-refractivity contribution in [2.75, 3.05) is 13.2 Å². The molecule has 0 aliphatic heterocycles. The van der Waals surface area contributed by atoms with E-state index in [1.54, 1.807) is 0 Å². The van der Waals surface area contributed by atoms with E-state index in [1.807, 2.05) is 0 Å². The van der Waals surface area contributed by atoms with Gasteiger partial charge in [0.1, 0.15) is 0 Å². The summed E-state index contributed by atoms with van der Waals surface area (Å²) in [7, 11) is 0. The summed E-state index contributed by atoms with van der Waals surface area (Å²) in [5, 5.41) is 17.5. The van der Waals surface area contributed by atoms with Gasteiger partial charge < -0.3 is 10.2 Å². The molecule has 0 bridgehead atoms. The molecule has 1 fully saturated rings. The number of aliphatic hydroxyl groups is 2. The van der Waals surface area contributed by atoms with Crippen molar-refractivity contribution in [1.82, 2.24) is 0 Å². The van der Waals surface area contributed by atoms with E-state index in [-0.39, 0.29) is 0 Å². The van der Waals surface area contributed by atoms with Gasteiger partial charge in [0.25, 0.3) is 0 Å². The Morgan fingerprint density at radius 1 is 1.09 bits per heavy atom. The quantitative estimate of drug-likeness (QED) is 0.644. The van der Waals surface area contributed by atoms with Crippen LogP contribution in [0.2, 0.25) is 0 Å². The summed E-state index contributed by atoms with van der Waals surface area (Å²) in [6.07, 6.45) is 5.70. The summed E-state index contributed by atoms with van der Waals surface area (Å²) in [5.41, 5.74) is 0. The third-order valence-corrected chi connectivity index (χ3v) is 2.68. The van der Waals surface area contributed by atoms with Crippen molar-refractivity contribution in [1.29, 1.82) is 0 Å². The first-order valence-electron chi connectivity index (χ1n) is 4.58. The molecule has 0 aromatic heterocycles. The van der Waals surface area contributed by atoms with E-state index in [0.29, 0.717) is 19.1 Å². The maximum Gasteiger partial charge on any atom is 0.0459 e. The molecule has 0 unspecified atom stereocenters. The minimum absolute atomic E-state index is 0.320. The van der Waals surface area contributed by atoms with Gasteiger partial charge in [-0.25, -0.2) is 0 Å². The molecule has 0 radical (unpaired) electrons. The number of aliphatic hydroxyl groups excluding tert-OH is 2. The normalized spacial score (nSPS) is 31.1. The van der Waals surface area contributed by atoms with E-state index in [1.165, 1.54) is 19.3 Å². The van der Waals surface area contributed by atoms with Gasteiger partial charge in [-0.1, -0.05) is 6.42 Å².